The van der Waals surface area contributed by atoms with E-state index in [-0.39, 0.29) is 5.91 Å². The molecule has 33 heavy (non-hydrogen) atoms. The highest BCUT2D eigenvalue weighted by Gasteiger charge is 2.09. The first-order valence-electron chi connectivity index (χ1n) is 10.7. The molecule has 4 aromatic rings. The Kier molecular flexibility index (Phi) is 6.64. The molecule has 0 aliphatic heterocycles. The van der Waals surface area contributed by atoms with E-state index in [9.17, 15) is 4.79 Å². The van der Waals surface area contributed by atoms with Gasteiger partial charge in [0.15, 0.2) is 0 Å². The van der Waals surface area contributed by atoms with Gasteiger partial charge in [-0.05, 0) is 43.2 Å². The van der Waals surface area contributed by atoms with Crippen LogP contribution in [0.15, 0.2) is 84.0 Å². The van der Waals surface area contributed by atoms with Crippen molar-refractivity contribution in [1.82, 2.24) is 15.2 Å². The molecule has 1 heterocycles. The number of para-hydroxylation sites is 1. The number of hydrogen-bond acceptors (Lipinski definition) is 4. The molecule has 4 rings (SSSR count). The molecule has 0 fully saturated rings. The second-order valence-corrected chi connectivity index (χ2v) is 7.76. The highest BCUT2D eigenvalue weighted by Crippen LogP contribution is 2.30. The zero-order chi connectivity index (χ0) is 23.2. The normalized spacial score (nSPS) is 11.0. The first-order valence-corrected chi connectivity index (χ1v) is 10.7. The van der Waals surface area contributed by atoms with Gasteiger partial charge in [-0.1, -0.05) is 60.7 Å². The summed E-state index contributed by atoms with van der Waals surface area (Å²) in [6, 6.07) is 25.4. The quantitative estimate of drug-likeness (QED) is 0.324. The molecule has 0 radical (unpaired) electrons. The summed E-state index contributed by atoms with van der Waals surface area (Å²) < 4.78 is 7.87. The van der Waals surface area contributed by atoms with Crippen LogP contribution in [0.25, 0.3) is 11.1 Å². The molecule has 6 nitrogen and oxygen atoms in total. The van der Waals surface area contributed by atoms with Crippen molar-refractivity contribution in [2.45, 2.75) is 20.5 Å². The molecule has 0 saturated carbocycles. The van der Waals surface area contributed by atoms with Crippen LogP contribution in [-0.4, -0.2) is 21.9 Å². The van der Waals surface area contributed by atoms with Crippen LogP contribution in [0.1, 0.15) is 32.9 Å². The highest BCUT2D eigenvalue weighted by molar-refractivity contribution is 5.95. The van der Waals surface area contributed by atoms with E-state index >= 15 is 0 Å². The third-order valence-electron chi connectivity index (χ3n) is 5.51. The molecule has 0 saturated heterocycles. The summed E-state index contributed by atoms with van der Waals surface area (Å²) in [5.74, 6) is 0.549. The van der Waals surface area contributed by atoms with Crippen LogP contribution in [0.2, 0.25) is 0 Å². The van der Waals surface area contributed by atoms with E-state index in [1.54, 1.807) is 23.0 Å². The number of carbonyl (C=O) groups excluding carboxylic acids is 1. The van der Waals surface area contributed by atoms with Crippen molar-refractivity contribution in [3.05, 3.63) is 107 Å². The van der Waals surface area contributed by atoms with E-state index in [4.69, 9.17) is 4.74 Å². The Morgan fingerprint density at radius 1 is 1.00 bits per heavy atom. The molecule has 0 unspecified atom stereocenters. The Balaban J connectivity index is 1.37. The standard InChI is InChI=1S/C27H26N4O2/c1-19-25(20(2)31(3)30-19)17-28-29-27(32)23-15-13-21(14-16-23)18-33-26-12-8-7-11-24(26)22-9-5-4-6-10-22/h4-17H,18H2,1-3H3,(H,29,32)/b28-17+. The molecule has 1 amide bonds. The molecule has 0 atom stereocenters. The lowest BCUT2D eigenvalue weighted by molar-refractivity contribution is 0.0955. The van der Waals surface area contributed by atoms with Gasteiger partial charge in [0.2, 0.25) is 0 Å². The lowest BCUT2D eigenvalue weighted by Gasteiger charge is -2.12. The molecule has 3 aromatic carbocycles. The van der Waals surface area contributed by atoms with Crippen molar-refractivity contribution in [1.29, 1.82) is 0 Å². The minimum absolute atomic E-state index is 0.271. The second kappa shape index (κ2) is 9.96. The first-order chi connectivity index (χ1) is 16.0. The van der Waals surface area contributed by atoms with Crippen LogP contribution in [0.4, 0.5) is 0 Å². The number of aryl methyl sites for hydroxylation is 2. The van der Waals surface area contributed by atoms with Crippen LogP contribution < -0.4 is 10.2 Å². The van der Waals surface area contributed by atoms with Gasteiger partial charge < -0.3 is 4.74 Å². The predicted molar refractivity (Wildman–Crippen MR) is 130 cm³/mol. The minimum Gasteiger partial charge on any atom is -0.488 e. The number of carbonyl (C=O) groups is 1. The number of aromatic nitrogens is 2. The molecule has 6 heteroatoms. The predicted octanol–water partition coefficient (Wildman–Crippen LogP) is 5.05. The fraction of sp³-hybridized carbons (Fsp3) is 0.148. The molecule has 0 spiro atoms. The molecule has 0 bridgehead atoms. The average molecular weight is 439 g/mol. The van der Waals surface area contributed by atoms with Gasteiger partial charge in [-0.3, -0.25) is 9.48 Å². The van der Waals surface area contributed by atoms with Crippen LogP contribution in [0, 0.1) is 13.8 Å². The zero-order valence-electron chi connectivity index (χ0n) is 18.9. The molecule has 166 valence electrons. The Morgan fingerprint density at radius 2 is 1.70 bits per heavy atom. The molecule has 0 aliphatic carbocycles. The maximum absolute atomic E-state index is 12.4. The summed E-state index contributed by atoms with van der Waals surface area (Å²) in [5, 5.41) is 8.43. The summed E-state index contributed by atoms with van der Waals surface area (Å²) in [5.41, 5.74) is 8.99. The first kappa shape index (κ1) is 22.0. The summed E-state index contributed by atoms with van der Waals surface area (Å²) in [4.78, 5) is 12.4. The number of benzene rings is 3. The van der Waals surface area contributed by atoms with Crippen molar-refractivity contribution in [3.63, 3.8) is 0 Å². The second-order valence-electron chi connectivity index (χ2n) is 7.76. The number of nitrogens with one attached hydrogen (secondary N) is 1. The fourth-order valence-electron chi connectivity index (χ4n) is 3.56. The monoisotopic (exact) mass is 438 g/mol. The van der Waals surface area contributed by atoms with E-state index in [1.165, 1.54) is 0 Å². The number of hydrazone groups is 1. The molecular formula is C27H26N4O2. The van der Waals surface area contributed by atoms with Crippen LogP contribution in [0.3, 0.4) is 0 Å². The van der Waals surface area contributed by atoms with Gasteiger partial charge in [0.25, 0.3) is 5.91 Å². The van der Waals surface area contributed by atoms with E-state index < -0.39 is 0 Å². The largest absolute Gasteiger partial charge is 0.488 e. The van der Waals surface area contributed by atoms with Gasteiger partial charge in [-0.25, -0.2) is 5.43 Å². The van der Waals surface area contributed by atoms with Crippen molar-refractivity contribution >= 4 is 12.1 Å². The van der Waals surface area contributed by atoms with Crippen molar-refractivity contribution in [3.8, 4) is 16.9 Å². The fourth-order valence-corrected chi connectivity index (χ4v) is 3.56. The lowest BCUT2D eigenvalue weighted by Crippen LogP contribution is -2.17. The Hall–Kier alpha value is -4.19. The highest BCUT2D eigenvalue weighted by atomic mass is 16.5. The third kappa shape index (κ3) is 5.18. The topological polar surface area (TPSA) is 68.5 Å². The maximum Gasteiger partial charge on any atom is 0.271 e. The third-order valence-corrected chi connectivity index (χ3v) is 5.51. The molecular weight excluding hydrogens is 412 g/mol. The SMILES string of the molecule is Cc1nn(C)c(C)c1/C=N/NC(=O)c1ccc(COc2ccccc2-c2ccccc2)cc1. The smallest absolute Gasteiger partial charge is 0.271 e. The number of hydrogen-bond donors (Lipinski definition) is 1. The average Bonchev–Trinajstić information content (AvgIpc) is 3.09. The van der Waals surface area contributed by atoms with Crippen molar-refractivity contribution in [2.75, 3.05) is 0 Å². The summed E-state index contributed by atoms with van der Waals surface area (Å²) in [6.07, 6.45) is 1.63. The van der Waals surface area contributed by atoms with Gasteiger partial charge in [0, 0.05) is 29.4 Å². The van der Waals surface area contributed by atoms with Gasteiger partial charge in [-0.2, -0.15) is 10.2 Å². The number of amides is 1. The van der Waals surface area contributed by atoms with Crippen LogP contribution >= 0.6 is 0 Å². The summed E-state index contributed by atoms with van der Waals surface area (Å²) >= 11 is 0. The van der Waals surface area contributed by atoms with E-state index in [2.05, 4.69) is 27.8 Å². The molecule has 1 aromatic heterocycles. The summed E-state index contributed by atoms with van der Waals surface area (Å²) in [6.45, 7) is 4.28. The maximum atomic E-state index is 12.4. The van der Waals surface area contributed by atoms with Gasteiger partial charge in [0.1, 0.15) is 12.4 Å². The number of ether oxygens (including phenoxy) is 1. The van der Waals surface area contributed by atoms with E-state index in [0.717, 1.165) is 39.4 Å². The van der Waals surface area contributed by atoms with Gasteiger partial charge >= 0.3 is 0 Å². The van der Waals surface area contributed by atoms with Gasteiger partial charge in [-0.15, -0.1) is 0 Å². The van der Waals surface area contributed by atoms with Crippen LogP contribution in [-0.2, 0) is 13.7 Å². The number of nitrogens with zero attached hydrogens (tertiary/aromatic N) is 3. The van der Waals surface area contributed by atoms with Crippen molar-refractivity contribution in [2.24, 2.45) is 12.1 Å². The van der Waals surface area contributed by atoms with E-state index in [1.807, 2.05) is 75.5 Å². The Morgan fingerprint density at radius 3 is 2.39 bits per heavy atom. The zero-order valence-corrected chi connectivity index (χ0v) is 18.9. The Labute approximate surface area is 193 Å². The lowest BCUT2D eigenvalue weighted by atomic mass is 10.0. The van der Waals surface area contributed by atoms with Gasteiger partial charge in [0.05, 0.1) is 11.9 Å². The summed E-state index contributed by atoms with van der Waals surface area (Å²) in [7, 11) is 1.88. The Bertz CT molecular complexity index is 1280. The molecule has 1 N–H and O–H groups in total. The number of rotatable bonds is 7. The van der Waals surface area contributed by atoms with Crippen LogP contribution in [0.5, 0.6) is 5.75 Å². The van der Waals surface area contributed by atoms with Crippen molar-refractivity contribution < 1.29 is 9.53 Å². The van der Waals surface area contributed by atoms with E-state index in [0.29, 0.717) is 12.2 Å². The molecule has 0 aliphatic rings. The minimum atomic E-state index is -0.271.